The Morgan fingerprint density at radius 3 is 2.36 bits per heavy atom. The summed E-state index contributed by atoms with van der Waals surface area (Å²) >= 11 is 0. The maximum absolute atomic E-state index is 6.71. The minimum Gasteiger partial charge on any atom is -0.544 e. The Morgan fingerprint density at radius 1 is 0.929 bits per heavy atom. The van der Waals surface area contributed by atoms with Crippen molar-refractivity contribution in [3.63, 3.8) is 0 Å². The van der Waals surface area contributed by atoms with Crippen molar-refractivity contribution in [2.75, 3.05) is 0 Å². The predicted octanol–water partition coefficient (Wildman–Crippen LogP) is 6.98. The molecular weight excluding hydrogens is 376 g/mol. The fraction of sp³-hybridized carbons (Fsp3) is 0.750. The molecule has 2 saturated carbocycles. The number of benzene rings is 1. The SMILES string of the molecule is CC12CCC3c4ccc(O[Si](C)(C)C)cc4CCC3C1CC[C@H]2O[Si](C)(C)C. The summed E-state index contributed by atoms with van der Waals surface area (Å²) in [6.07, 6.45) is 8.41. The molecule has 0 aromatic heterocycles. The largest absolute Gasteiger partial charge is 0.544 e. The van der Waals surface area contributed by atoms with Crippen LogP contribution in [0.2, 0.25) is 39.3 Å². The monoisotopic (exact) mass is 416 g/mol. The van der Waals surface area contributed by atoms with Crippen molar-refractivity contribution in [1.29, 1.82) is 0 Å². The number of rotatable bonds is 4. The summed E-state index contributed by atoms with van der Waals surface area (Å²) in [5.41, 5.74) is 3.60. The molecule has 0 radical (unpaired) electrons. The molecule has 2 fully saturated rings. The highest BCUT2D eigenvalue weighted by molar-refractivity contribution is 6.70. The van der Waals surface area contributed by atoms with E-state index in [9.17, 15) is 0 Å². The molecule has 0 saturated heterocycles. The van der Waals surface area contributed by atoms with Crippen LogP contribution >= 0.6 is 0 Å². The number of aryl methyl sites for hydroxylation is 1. The van der Waals surface area contributed by atoms with E-state index in [1.807, 2.05) is 0 Å². The zero-order chi connectivity index (χ0) is 20.3. The maximum atomic E-state index is 6.71. The van der Waals surface area contributed by atoms with Crippen LogP contribution in [-0.2, 0) is 10.8 Å². The molecule has 3 aliphatic rings. The van der Waals surface area contributed by atoms with Gasteiger partial charge in [0.15, 0.2) is 8.32 Å². The summed E-state index contributed by atoms with van der Waals surface area (Å²) in [5.74, 6) is 3.55. The first-order valence-electron chi connectivity index (χ1n) is 11.5. The topological polar surface area (TPSA) is 18.5 Å². The van der Waals surface area contributed by atoms with Gasteiger partial charge in [0.05, 0.1) is 6.10 Å². The molecular formula is C24H40O2Si2. The van der Waals surface area contributed by atoms with Gasteiger partial charge in [-0.25, -0.2) is 0 Å². The second-order valence-electron chi connectivity index (χ2n) is 11.8. The lowest BCUT2D eigenvalue weighted by Gasteiger charge is -2.51. The summed E-state index contributed by atoms with van der Waals surface area (Å²) in [4.78, 5) is 0. The van der Waals surface area contributed by atoms with Gasteiger partial charge in [0.25, 0.3) is 0 Å². The molecule has 0 amide bonds. The highest BCUT2D eigenvalue weighted by Gasteiger charge is 2.55. The second kappa shape index (κ2) is 6.99. The van der Waals surface area contributed by atoms with Gasteiger partial charge in [-0.3, -0.25) is 0 Å². The Hall–Kier alpha value is -0.586. The molecule has 1 aromatic carbocycles. The summed E-state index contributed by atoms with van der Waals surface area (Å²) in [6.45, 7) is 16.4. The van der Waals surface area contributed by atoms with Crippen molar-refractivity contribution in [2.45, 2.75) is 96.8 Å². The fourth-order valence-electron chi connectivity index (χ4n) is 6.55. The van der Waals surface area contributed by atoms with Crippen molar-refractivity contribution < 1.29 is 8.85 Å². The molecule has 0 spiro atoms. The van der Waals surface area contributed by atoms with E-state index in [1.165, 1.54) is 38.5 Å². The molecule has 28 heavy (non-hydrogen) atoms. The molecule has 1 aromatic rings. The van der Waals surface area contributed by atoms with E-state index in [4.69, 9.17) is 8.85 Å². The van der Waals surface area contributed by atoms with Gasteiger partial charge in [-0.05, 0) is 124 Å². The van der Waals surface area contributed by atoms with E-state index in [0.717, 1.165) is 23.5 Å². The smallest absolute Gasteiger partial charge is 0.242 e. The first-order chi connectivity index (χ1) is 13.0. The van der Waals surface area contributed by atoms with Gasteiger partial charge in [0.1, 0.15) is 5.75 Å². The predicted molar refractivity (Wildman–Crippen MR) is 123 cm³/mol. The van der Waals surface area contributed by atoms with Crippen molar-refractivity contribution in [1.82, 2.24) is 0 Å². The average molecular weight is 417 g/mol. The molecule has 4 unspecified atom stereocenters. The molecule has 0 bridgehead atoms. The average Bonchev–Trinajstić information content (AvgIpc) is 2.88. The van der Waals surface area contributed by atoms with E-state index in [0.29, 0.717) is 11.5 Å². The molecule has 5 atom stereocenters. The lowest BCUT2D eigenvalue weighted by Crippen LogP contribution is -2.47. The van der Waals surface area contributed by atoms with E-state index in [1.54, 1.807) is 11.1 Å². The first kappa shape index (κ1) is 20.7. The first-order valence-corrected chi connectivity index (χ1v) is 18.3. The summed E-state index contributed by atoms with van der Waals surface area (Å²) in [6, 6.07) is 7.03. The third-order valence-corrected chi connectivity index (χ3v) is 9.37. The van der Waals surface area contributed by atoms with Gasteiger partial charge >= 0.3 is 0 Å². The van der Waals surface area contributed by atoms with Gasteiger partial charge in [-0.1, -0.05) is 13.0 Å². The van der Waals surface area contributed by atoms with Crippen LogP contribution in [0, 0.1) is 17.3 Å². The Bertz CT molecular complexity index is 733. The molecule has 2 nitrogen and oxygen atoms in total. The van der Waals surface area contributed by atoms with Gasteiger partial charge in [0.2, 0.25) is 8.32 Å². The molecule has 156 valence electrons. The van der Waals surface area contributed by atoms with Crippen LogP contribution in [0.5, 0.6) is 5.75 Å². The van der Waals surface area contributed by atoms with Crippen LogP contribution in [0.4, 0.5) is 0 Å². The second-order valence-corrected chi connectivity index (χ2v) is 20.7. The lowest BCUT2D eigenvalue weighted by molar-refractivity contribution is -0.0140. The lowest BCUT2D eigenvalue weighted by atomic mass is 9.55. The number of hydrogen-bond acceptors (Lipinski definition) is 2. The van der Waals surface area contributed by atoms with Crippen molar-refractivity contribution in [3.05, 3.63) is 29.3 Å². The van der Waals surface area contributed by atoms with Crippen molar-refractivity contribution in [2.24, 2.45) is 17.3 Å². The minimum absolute atomic E-state index is 0.403. The summed E-state index contributed by atoms with van der Waals surface area (Å²) in [5, 5.41) is 0. The Morgan fingerprint density at radius 2 is 1.68 bits per heavy atom. The van der Waals surface area contributed by atoms with E-state index < -0.39 is 16.6 Å². The summed E-state index contributed by atoms with van der Waals surface area (Å²) in [7, 11) is -3.03. The zero-order valence-electron chi connectivity index (χ0n) is 19.1. The third-order valence-electron chi connectivity index (χ3n) is 7.53. The van der Waals surface area contributed by atoms with E-state index >= 15 is 0 Å². The number of fused-ring (bicyclic) bond motifs is 5. The molecule has 4 rings (SSSR count). The normalized spacial score (nSPS) is 35.1. The van der Waals surface area contributed by atoms with Crippen LogP contribution in [0.25, 0.3) is 0 Å². The summed E-state index contributed by atoms with van der Waals surface area (Å²) < 4.78 is 13.0. The minimum atomic E-state index is -1.54. The maximum Gasteiger partial charge on any atom is 0.242 e. The Labute approximate surface area is 174 Å². The fourth-order valence-corrected chi connectivity index (χ4v) is 8.62. The molecule has 0 aliphatic heterocycles. The molecule has 0 heterocycles. The molecule has 0 N–H and O–H groups in total. The third kappa shape index (κ3) is 3.89. The standard InChI is InChI=1S/C24H40O2Si2/c1-24-15-14-20-19-11-9-18(25-27(2,3)4)16-17(19)8-10-21(20)22(24)12-13-23(24)26-28(5,6)7/h9,11,16,20-23H,8,10,12-15H2,1-7H3/t20?,21?,22?,23-,24?/m1/s1. The molecule has 3 aliphatic carbocycles. The molecule has 4 heteroatoms. The highest BCUT2D eigenvalue weighted by atomic mass is 28.4. The van der Waals surface area contributed by atoms with Crippen molar-refractivity contribution >= 4 is 16.6 Å². The Balaban J connectivity index is 1.56. The van der Waals surface area contributed by atoms with Crippen LogP contribution in [0.1, 0.15) is 56.1 Å². The van der Waals surface area contributed by atoms with Gasteiger partial charge in [-0.2, -0.15) is 0 Å². The van der Waals surface area contributed by atoms with Crippen LogP contribution < -0.4 is 4.43 Å². The Kier molecular flexibility index (Phi) is 5.16. The van der Waals surface area contributed by atoms with Gasteiger partial charge in [0, 0.05) is 0 Å². The zero-order valence-corrected chi connectivity index (χ0v) is 21.1. The van der Waals surface area contributed by atoms with Gasteiger partial charge in [-0.15, -0.1) is 0 Å². The number of hydrogen-bond donors (Lipinski definition) is 0. The van der Waals surface area contributed by atoms with E-state index in [-0.39, 0.29) is 0 Å². The quantitative estimate of drug-likeness (QED) is 0.493. The highest BCUT2D eigenvalue weighted by Crippen LogP contribution is 2.61. The van der Waals surface area contributed by atoms with Crippen molar-refractivity contribution in [3.8, 4) is 5.75 Å². The van der Waals surface area contributed by atoms with Crippen LogP contribution in [0.15, 0.2) is 18.2 Å². The van der Waals surface area contributed by atoms with E-state index in [2.05, 4.69) is 64.4 Å². The van der Waals surface area contributed by atoms with Gasteiger partial charge < -0.3 is 8.85 Å². The van der Waals surface area contributed by atoms with Crippen LogP contribution in [0.3, 0.4) is 0 Å². The van der Waals surface area contributed by atoms with Crippen LogP contribution in [-0.4, -0.2) is 22.7 Å².